The Bertz CT molecular complexity index is 1090. The second-order valence-corrected chi connectivity index (χ2v) is 7.62. The highest BCUT2D eigenvalue weighted by Gasteiger charge is 2.27. The summed E-state index contributed by atoms with van der Waals surface area (Å²) in [6.07, 6.45) is 4.66. The number of halogens is 2. The predicted molar refractivity (Wildman–Crippen MR) is 114 cm³/mol. The van der Waals surface area contributed by atoms with Crippen LogP contribution in [0.3, 0.4) is 0 Å². The van der Waals surface area contributed by atoms with Crippen LogP contribution in [0, 0.1) is 11.6 Å². The molecule has 3 aromatic rings. The summed E-state index contributed by atoms with van der Waals surface area (Å²) >= 11 is 0. The molecule has 31 heavy (non-hydrogen) atoms. The standard InChI is InChI=1S/C23H24F2N4O2/c1-31-21-8-3-2-6-15(21)10-23(30)29-9-5-4-7-16(29)13-27-22-14-26-19-11-17(24)18(25)12-20(19)28-22/h2-3,6,8,11-12,14,16H,4-5,7,9-10,13H2,1H3,(H,27,28)/t16-/m0/s1. The van der Waals surface area contributed by atoms with Crippen molar-refractivity contribution < 1.29 is 18.3 Å². The van der Waals surface area contributed by atoms with E-state index in [1.807, 2.05) is 29.2 Å². The first-order chi connectivity index (χ1) is 15.0. The highest BCUT2D eigenvalue weighted by molar-refractivity contribution is 5.80. The van der Waals surface area contributed by atoms with Gasteiger partial charge in [0.25, 0.3) is 0 Å². The molecule has 0 bridgehead atoms. The molecule has 2 heterocycles. The van der Waals surface area contributed by atoms with Gasteiger partial charge in [-0.1, -0.05) is 18.2 Å². The van der Waals surface area contributed by atoms with Crippen LogP contribution < -0.4 is 10.1 Å². The third kappa shape index (κ3) is 4.73. The molecule has 6 nitrogen and oxygen atoms in total. The zero-order chi connectivity index (χ0) is 21.8. The fourth-order valence-electron chi connectivity index (χ4n) is 3.97. The van der Waals surface area contributed by atoms with Crippen LogP contribution >= 0.6 is 0 Å². The number of hydrogen-bond acceptors (Lipinski definition) is 5. The van der Waals surface area contributed by atoms with Crippen LogP contribution in [0.15, 0.2) is 42.6 Å². The van der Waals surface area contributed by atoms with E-state index in [2.05, 4.69) is 15.3 Å². The Morgan fingerprint density at radius 2 is 1.97 bits per heavy atom. The number of nitrogens with one attached hydrogen (secondary N) is 1. The van der Waals surface area contributed by atoms with Crippen molar-refractivity contribution in [1.82, 2.24) is 14.9 Å². The molecule has 1 amide bonds. The van der Waals surface area contributed by atoms with Crippen LogP contribution in [-0.4, -0.2) is 47.0 Å². The molecule has 0 radical (unpaired) electrons. The zero-order valence-electron chi connectivity index (χ0n) is 17.3. The zero-order valence-corrected chi connectivity index (χ0v) is 17.3. The fourth-order valence-corrected chi connectivity index (χ4v) is 3.97. The summed E-state index contributed by atoms with van der Waals surface area (Å²) in [6.45, 7) is 1.20. The Hall–Kier alpha value is -3.29. The fraction of sp³-hybridized carbons (Fsp3) is 0.348. The Labute approximate surface area is 179 Å². The van der Waals surface area contributed by atoms with E-state index in [9.17, 15) is 13.6 Å². The van der Waals surface area contributed by atoms with Gasteiger partial charge in [0.15, 0.2) is 11.6 Å². The number of carbonyl (C=O) groups excluding carboxylic acids is 1. The van der Waals surface area contributed by atoms with Crippen molar-refractivity contribution in [1.29, 1.82) is 0 Å². The number of carbonyl (C=O) groups is 1. The summed E-state index contributed by atoms with van der Waals surface area (Å²) in [6, 6.07) is 9.61. The van der Waals surface area contributed by atoms with Gasteiger partial charge in [0.1, 0.15) is 11.6 Å². The van der Waals surface area contributed by atoms with E-state index in [0.29, 0.717) is 24.7 Å². The molecule has 0 aliphatic carbocycles. The smallest absolute Gasteiger partial charge is 0.227 e. The van der Waals surface area contributed by atoms with Crippen molar-refractivity contribution in [3.8, 4) is 5.75 Å². The van der Waals surface area contributed by atoms with Crippen LogP contribution in [0.1, 0.15) is 24.8 Å². The van der Waals surface area contributed by atoms with E-state index < -0.39 is 11.6 Å². The third-order valence-electron chi connectivity index (χ3n) is 5.58. The van der Waals surface area contributed by atoms with E-state index in [1.165, 1.54) is 6.20 Å². The molecule has 8 heteroatoms. The maximum absolute atomic E-state index is 13.5. The largest absolute Gasteiger partial charge is 0.496 e. The van der Waals surface area contributed by atoms with Gasteiger partial charge in [-0.05, 0) is 25.3 Å². The van der Waals surface area contributed by atoms with E-state index >= 15 is 0 Å². The SMILES string of the molecule is COc1ccccc1CC(=O)N1CCCC[C@H]1CNc1cnc2cc(F)c(F)cc2n1. The van der Waals surface area contributed by atoms with Gasteiger partial charge >= 0.3 is 0 Å². The number of nitrogens with zero attached hydrogens (tertiary/aromatic N) is 3. The Kier molecular flexibility index (Phi) is 6.25. The van der Waals surface area contributed by atoms with Gasteiger partial charge in [-0.15, -0.1) is 0 Å². The number of ether oxygens (including phenoxy) is 1. The predicted octanol–water partition coefficient (Wildman–Crippen LogP) is 3.95. The molecule has 0 spiro atoms. The van der Waals surface area contributed by atoms with Crippen molar-refractivity contribution in [3.05, 3.63) is 59.8 Å². The van der Waals surface area contributed by atoms with Gasteiger partial charge in [0.2, 0.25) is 5.91 Å². The van der Waals surface area contributed by atoms with E-state index in [-0.39, 0.29) is 29.4 Å². The van der Waals surface area contributed by atoms with Crippen molar-refractivity contribution in [2.24, 2.45) is 0 Å². The molecular weight excluding hydrogens is 402 g/mol. The number of piperidine rings is 1. The number of fused-ring (bicyclic) bond motifs is 1. The molecule has 1 N–H and O–H groups in total. The minimum atomic E-state index is -0.959. The van der Waals surface area contributed by atoms with E-state index in [4.69, 9.17) is 4.74 Å². The first-order valence-corrected chi connectivity index (χ1v) is 10.3. The summed E-state index contributed by atoms with van der Waals surface area (Å²) < 4.78 is 32.2. The lowest BCUT2D eigenvalue weighted by Crippen LogP contribution is -2.47. The number of hydrogen-bond donors (Lipinski definition) is 1. The molecule has 2 aromatic carbocycles. The van der Waals surface area contributed by atoms with Crippen LogP contribution in [0.25, 0.3) is 11.0 Å². The molecule has 0 saturated carbocycles. The first-order valence-electron chi connectivity index (χ1n) is 10.3. The lowest BCUT2D eigenvalue weighted by molar-refractivity contribution is -0.133. The van der Waals surface area contributed by atoms with Gasteiger partial charge in [-0.3, -0.25) is 9.78 Å². The number of rotatable bonds is 6. The summed E-state index contributed by atoms with van der Waals surface area (Å²) in [7, 11) is 1.60. The van der Waals surface area contributed by atoms with Crippen molar-refractivity contribution in [2.75, 3.05) is 25.5 Å². The average molecular weight is 426 g/mol. The van der Waals surface area contributed by atoms with Gasteiger partial charge in [-0.25, -0.2) is 13.8 Å². The van der Waals surface area contributed by atoms with Crippen LogP contribution in [0.5, 0.6) is 5.75 Å². The number of amides is 1. The van der Waals surface area contributed by atoms with Gasteiger partial charge in [0.05, 0.1) is 30.8 Å². The molecule has 1 aromatic heterocycles. The Morgan fingerprint density at radius 3 is 2.77 bits per heavy atom. The number of benzene rings is 2. The van der Waals surface area contributed by atoms with E-state index in [0.717, 1.165) is 37.0 Å². The normalized spacial score (nSPS) is 16.4. The maximum atomic E-state index is 13.5. The summed E-state index contributed by atoms with van der Waals surface area (Å²) in [4.78, 5) is 23.4. The molecule has 4 rings (SSSR count). The van der Waals surface area contributed by atoms with Crippen LogP contribution in [0.2, 0.25) is 0 Å². The van der Waals surface area contributed by atoms with E-state index in [1.54, 1.807) is 7.11 Å². The van der Waals surface area contributed by atoms with Crippen LogP contribution in [0.4, 0.5) is 14.6 Å². The third-order valence-corrected chi connectivity index (χ3v) is 5.58. The molecule has 1 saturated heterocycles. The van der Waals surface area contributed by atoms with Crippen molar-refractivity contribution >= 4 is 22.8 Å². The van der Waals surface area contributed by atoms with Crippen LogP contribution in [-0.2, 0) is 11.2 Å². The average Bonchev–Trinajstić information content (AvgIpc) is 2.79. The van der Waals surface area contributed by atoms with Crippen molar-refractivity contribution in [3.63, 3.8) is 0 Å². The molecular formula is C23H24F2N4O2. The topological polar surface area (TPSA) is 67.3 Å². The Balaban J connectivity index is 1.44. The highest BCUT2D eigenvalue weighted by atomic mass is 19.2. The highest BCUT2D eigenvalue weighted by Crippen LogP contribution is 2.23. The molecule has 162 valence electrons. The lowest BCUT2D eigenvalue weighted by Gasteiger charge is -2.36. The molecule has 1 aliphatic rings. The monoisotopic (exact) mass is 426 g/mol. The summed E-state index contributed by atoms with van der Waals surface area (Å²) in [5.41, 5.74) is 1.43. The van der Waals surface area contributed by atoms with Gasteiger partial charge < -0.3 is 15.0 Å². The second kappa shape index (κ2) is 9.24. The second-order valence-electron chi connectivity index (χ2n) is 7.62. The molecule has 0 unspecified atom stereocenters. The number of likely N-dealkylation sites (tertiary alicyclic amines) is 1. The minimum Gasteiger partial charge on any atom is -0.496 e. The summed E-state index contributed by atoms with van der Waals surface area (Å²) in [5.74, 6) is -0.690. The Morgan fingerprint density at radius 1 is 1.19 bits per heavy atom. The first kappa shape index (κ1) is 21.0. The minimum absolute atomic E-state index is 0.0124. The van der Waals surface area contributed by atoms with Crippen molar-refractivity contribution in [2.45, 2.75) is 31.7 Å². The summed E-state index contributed by atoms with van der Waals surface area (Å²) in [5, 5.41) is 3.20. The quantitative estimate of drug-likeness (QED) is 0.647. The van der Waals surface area contributed by atoms with Gasteiger partial charge in [-0.2, -0.15) is 0 Å². The van der Waals surface area contributed by atoms with Gasteiger partial charge in [0, 0.05) is 36.8 Å². The molecule has 1 fully saturated rings. The number of methoxy groups -OCH3 is 1. The number of para-hydroxylation sites is 1. The molecule has 1 atom stereocenters. The number of aromatic nitrogens is 2. The number of anilines is 1. The lowest BCUT2D eigenvalue weighted by atomic mass is 10.0. The molecule has 1 aliphatic heterocycles. The maximum Gasteiger partial charge on any atom is 0.227 e.